The van der Waals surface area contributed by atoms with Crippen LogP contribution in [-0.4, -0.2) is 39.5 Å². The molecule has 0 saturated heterocycles. The Morgan fingerprint density at radius 3 is 2.53 bits per heavy atom. The maximum atomic E-state index is 12.4. The lowest BCUT2D eigenvalue weighted by Gasteiger charge is -2.25. The number of para-hydroxylation sites is 2. The Morgan fingerprint density at radius 2 is 1.80 bits per heavy atom. The Balaban J connectivity index is 1.43. The minimum absolute atomic E-state index is 0.00835. The molecule has 0 fully saturated rings. The average molecular weight is 433 g/mol. The summed E-state index contributed by atoms with van der Waals surface area (Å²) in [6.07, 6.45) is -1.07. The molecule has 2 amide bonds. The fraction of sp³-hybridized carbons (Fsp3) is 0.300. The number of carbonyl (C=O) groups excluding carboxylic acids is 2. The second kappa shape index (κ2) is 9.14. The van der Waals surface area contributed by atoms with Gasteiger partial charge in [-0.3, -0.25) is 20.4 Å². The third-order valence-corrected chi connectivity index (χ3v) is 6.01. The molecule has 9 nitrogen and oxygen atoms in total. The van der Waals surface area contributed by atoms with Crippen LogP contribution in [0.2, 0.25) is 0 Å². The molecule has 0 aromatic heterocycles. The highest BCUT2D eigenvalue weighted by Crippen LogP contribution is 2.30. The number of amides is 2. The largest absolute Gasteiger partial charge is 0.485 e. The van der Waals surface area contributed by atoms with Crippen molar-refractivity contribution >= 4 is 21.8 Å². The Hall–Kier alpha value is -3.11. The lowest BCUT2D eigenvalue weighted by Crippen LogP contribution is -2.51. The number of ether oxygens (including phenoxy) is 2. The molecule has 2 aromatic carbocycles. The van der Waals surface area contributed by atoms with Crippen molar-refractivity contribution in [1.29, 1.82) is 0 Å². The van der Waals surface area contributed by atoms with Gasteiger partial charge in [0, 0.05) is 13.0 Å². The predicted octanol–water partition coefficient (Wildman–Crippen LogP) is 0.959. The molecule has 1 aliphatic rings. The molecule has 0 bridgehead atoms. The van der Waals surface area contributed by atoms with E-state index < -0.39 is 27.9 Å². The van der Waals surface area contributed by atoms with Crippen molar-refractivity contribution in [3.8, 4) is 11.5 Å². The summed E-state index contributed by atoms with van der Waals surface area (Å²) in [7, 11) is -3.73. The third-order valence-electron chi connectivity index (χ3n) is 4.39. The van der Waals surface area contributed by atoms with Gasteiger partial charge in [-0.1, -0.05) is 29.8 Å². The number of nitrogens with one attached hydrogen (secondary N) is 3. The zero-order chi connectivity index (χ0) is 21.7. The maximum Gasteiger partial charge on any atom is 0.283 e. The van der Waals surface area contributed by atoms with Gasteiger partial charge >= 0.3 is 0 Å². The van der Waals surface area contributed by atoms with Gasteiger partial charge in [-0.2, -0.15) is 0 Å². The molecule has 30 heavy (non-hydrogen) atoms. The SMILES string of the molecule is Cc1ccc(S(=O)(=O)NCCC(=O)NNC(=O)C2COc3ccccc3O2)c(C)c1. The molecule has 1 unspecified atom stereocenters. The highest BCUT2D eigenvalue weighted by Gasteiger charge is 2.27. The van der Waals surface area contributed by atoms with Crippen LogP contribution in [0, 0.1) is 13.8 Å². The first-order chi connectivity index (χ1) is 14.3. The second-order valence-corrected chi connectivity index (χ2v) is 8.55. The summed E-state index contributed by atoms with van der Waals surface area (Å²) in [5, 5.41) is 0. The number of hydrogen-bond donors (Lipinski definition) is 3. The number of hydrazine groups is 1. The van der Waals surface area contributed by atoms with Crippen molar-refractivity contribution in [3.05, 3.63) is 53.6 Å². The smallest absolute Gasteiger partial charge is 0.283 e. The maximum absolute atomic E-state index is 12.4. The van der Waals surface area contributed by atoms with Gasteiger partial charge in [-0.15, -0.1) is 0 Å². The first-order valence-electron chi connectivity index (χ1n) is 9.30. The van der Waals surface area contributed by atoms with E-state index in [0.717, 1.165) is 5.56 Å². The molecule has 2 aromatic rings. The van der Waals surface area contributed by atoms with E-state index in [4.69, 9.17) is 9.47 Å². The van der Waals surface area contributed by atoms with E-state index in [-0.39, 0.29) is 24.5 Å². The van der Waals surface area contributed by atoms with E-state index in [9.17, 15) is 18.0 Å². The highest BCUT2D eigenvalue weighted by atomic mass is 32.2. The van der Waals surface area contributed by atoms with Crippen LogP contribution in [-0.2, 0) is 19.6 Å². The normalized spacial score (nSPS) is 15.3. The lowest BCUT2D eigenvalue weighted by atomic mass is 10.2. The molecule has 0 aliphatic carbocycles. The minimum atomic E-state index is -3.73. The summed E-state index contributed by atoms with van der Waals surface area (Å²) in [6.45, 7) is 3.47. The quantitative estimate of drug-likeness (QED) is 0.583. The molecule has 0 saturated carbocycles. The number of hydrogen-bond acceptors (Lipinski definition) is 6. The van der Waals surface area contributed by atoms with Crippen LogP contribution in [0.4, 0.5) is 0 Å². The molecule has 1 atom stereocenters. The van der Waals surface area contributed by atoms with Crippen molar-refractivity contribution in [2.75, 3.05) is 13.2 Å². The van der Waals surface area contributed by atoms with Gasteiger partial charge in [-0.05, 0) is 37.6 Å². The molecule has 0 radical (unpaired) electrons. The summed E-state index contributed by atoms with van der Waals surface area (Å²) in [6, 6.07) is 11.9. The van der Waals surface area contributed by atoms with E-state index in [0.29, 0.717) is 17.1 Å². The van der Waals surface area contributed by atoms with Crippen LogP contribution < -0.4 is 25.0 Å². The molecule has 3 rings (SSSR count). The second-order valence-electron chi connectivity index (χ2n) is 6.82. The standard InChI is InChI=1S/C20H23N3O6S/c1-13-7-8-18(14(2)11-13)30(26,27)21-10-9-19(24)22-23-20(25)17-12-28-15-5-3-4-6-16(15)29-17/h3-8,11,17,21H,9-10,12H2,1-2H3,(H,22,24)(H,23,25). The zero-order valence-electron chi connectivity index (χ0n) is 16.6. The topological polar surface area (TPSA) is 123 Å². The van der Waals surface area contributed by atoms with Crippen LogP contribution in [0.5, 0.6) is 11.5 Å². The van der Waals surface area contributed by atoms with Crippen LogP contribution in [0.25, 0.3) is 0 Å². The lowest BCUT2D eigenvalue weighted by molar-refractivity contribution is -0.135. The van der Waals surface area contributed by atoms with Gasteiger partial charge < -0.3 is 9.47 Å². The van der Waals surface area contributed by atoms with Crippen molar-refractivity contribution < 1.29 is 27.5 Å². The Bertz CT molecular complexity index is 1050. The van der Waals surface area contributed by atoms with Gasteiger partial charge in [0.05, 0.1) is 4.90 Å². The van der Waals surface area contributed by atoms with Crippen LogP contribution in [0.3, 0.4) is 0 Å². The average Bonchev–Trinajstić information content (AvgIpc) is 2.71. The Labute approximate surface area is 174 Å². The minimum Gasteiger partial charge on any atom is -0.485 e. The first-order valence-corrected chi connectivity index (χ1v) is 10.8. The van der Waals surface area contributed by atoms with Gasteiger partial charge in [0.15, 0.2) is 11.5 Å². The number of sulfonamides is 1. The predicted molar refractivity (Wildman–Crippen MR) is 108 cm³/mol. The van der Waals surface area contributed by atoms with Gasteiger partial charge in [0.1, 0.15) is 6.61 Å². The summed E-state index contributed by atoms with van der Waals surface area (Å²) in [5.74, 6) is -0.143. The molecular formula is C20H23N3O6S. The molecule has 1 heterocycles. The number of benzene rings is 2. The molecule has 10 heteroatoms. The van der Waals surface area contributed by atoms with Crippen molar-refractivity contribution in [1.82, 2.24) is 15.6 Å². The van der Waals surface area contributed by atoms with Crippen molar-refractivity contribution in [3.63, 3.8) is 0 Å². The van der Waals surface area contributed by atoms with E-state index >= 15 is 0 Å². The van der Waals surface area contributed by atoms with Gasteiger partial charge in [-0.25, -0.2) is 13.1 Å². The fourth-order valence-electron chi connectivity index (χ4n) is 2.90. The zero-order valence-corrected chi connectivity index (χ0v) is 17.4. The number of carbonyl (C=O) groups is 2. The molecular weight excluding hydrogens is 410 g/mol. The van der Waals surface area contributed by atoms with Crippen LogP contribution in [0.1, 0.15) is 17.5 Å². The number of aryl methyl sites for hydroxylation is 2. The molecule has 0 spiro atoms. The van der Waals surface area contributed by atoms with Crippen LogP contribution in [0.15, 0.2) is 47.4 Å². The third kappa shape index (κ3) is 5.28. The van der Waals surface area contributed by atoms with E-state index in [2.05, 4.69) is 15.6 Å². The molecule has 1 aliphatic heterocycles. The number of rotatable bonds is 6. The van der Waals surface area contributed by atoms with E-state index in [1.165, 1.54) is 6.07 Å². The summed E-state index contributed by atoms with van der Waals surface area (Å²) in [5.41, 5.74) is 6.07. The monoisotopic (exact) mass is 433 g/mol. The summed E-state index contributed by atoms with van der Waals surface area (Å²) in [4.78, 5) is 24.2. The first kappa shape index (κ1) is 21.6. The highest BCUT2D eigenvalue weighted by molar-refractivity contribution is 7.89. The van der Waals surface area contributed by atoms with Crippen molar-refractivity contribution in [2.24, 2.45) is 0 Å². The summed E-state index contributed by atoms with van der Waals surface area (Å²) < 4.78 is 38.1. The van der Waals surface area contributed by atoms with Gasteiger partial charge in [0.25, 0.3) is 5.91 Å². The summed E-state index contributed by atoms with van der Waals surface area (Å²) >= 11 is 0. The fourth-order valence-corrected chi connectivity index (χ4v) is 4.16. The number of fused-ring (bicyclic) bond motifs is 1. The Morgan fingerprint density at radius 1 is 1.07 bits per heavy atom. The molecule has 160 valence electrons. The molecule has 3 N–H and O–H groups in total. The van der Waals surface area contributed by atoms with Crippen LogP contribution >= 0.6 is 0 Å². The van der Waals surface area contributed by atoms with Gasteiger partial charge in [0.2, 0.25) is 22.0 Å². The Kier molecular flexibility index (Phi) is 6.58. The van der Waals surface area contributed by atoms with E-state index in [1.54, 1.807) is 43.3 Å². The van der Waals surface area contributed by atoms with E-state index in [1.807, 2.05) is 6.92 Å². The van der Waals surface area contributed by atoms with Crippen molar-refractivity contribution in [2.45, 2.75) is 31.3 Å².